The van der Waals surface area contributed by atoms with Crippen LogP contribution >= 0.6 is 0 Å². The van der Waals surface area contributed by atoms with Gasteiger partial charge in [0.2, 0.25) is 0 Å². The topological polar surface area (TPSA) is 35.8 Å². The molecule has 1 aromatic carbocycles. The van der Waals surface area contributed by atoms with Crippen LogP contribution in [0.15, 0.2) is 24.3 Å². The highest BCUT2D eigenvalue weighted by Gasteiger charge is 2.19. The molecule has 0 bridgehead atoms. The maximum Gasteiger partial charge on any atom is 0.0991 e. The first-order chi connectivity index (χ1) is 7.88. The summed E-state index contributed by atoms with van der Waals surface area (Å²) in [6.07, 6.45) is 5.56. The van der Waals surface area contributed by atoms with Gasteiger partial charge in [0, 0.05) is 6.54 Å². The Hall–Kier alpha value is -1.33. The van der Waals surface area contributed by atoms with E-state index in [1.807, 2.05) is 18.2 Å². The van der Waals surface area contributed by atoms with Gasteiger partial charge in [0.1, 0.15) is 0 Å². The SMILES string of the molecule is N#Cc1cccc(CNCCCC2CC2)c1. The summed E-state index contributed by atoms with van der Waals surface area (Å²) in [5.74, 6) is 1.03. The van der Waals surface area contributed by atoms with E-state index >= 15 is 0 Å². The van der Waals surface area contributed by atoms with Crippen LogP contribution in [0.2, 0.25) is 0 Å². The summed E-state index contributed by atoms with van der Waals surface area (Å²) in [6, 6.07) is 9.97. The van der Waals surface area contributed by atoms with Crippen LogP contribution in [0.4, 0.5) is 0 Å². The first kappa shape index (κ1) is 11.2. The summed E-state index contributed by atoms with van der Waals surface area (Å²) >= 11 is 0. The molecular weight excluding hydrogens is 196 g/mol. The Kier molecular flexibility index (Phi) is 3.96. The van der Waals surface area contributed by atoms with Crippen molar-refractivity contribution in [3.8, 4) is 6.07 Å². The van der Waals surface area contributed by atoms with Gasteiger partial charge >= 0.3 is 0 Å². The second-order valence-corrected chi connectivity index (χ2v) is 4.57. The van der Waals surface area contributed by atoms with Crippen molar-refractivity contribution in [2.24, 2.45) is 5.92 Å². The fraction of sp³-hybridized carbons (Fsp3) is 0.500. The molecule has 0 atom stereocenters. The molecule has 0 heterocycles. The standard InChI is InChI=1S/C14H18N2/c15-10-13-3-1-4-14(9-13)11-16-8-2-5-12-6-7-12/h1,3-4,9,12,16H,2,5-8,11H2. The summed E-state index contributed by atoms with van der Waals surface area (Å²) in [5.41, 5.74) is 1.95. The van der Waals surface area contributed by atoms with Crippen molar-refractivity contribution in [3.63, 3.8) is 0 Å². The van der Waals surface area contributed by atoms with Crippen molar-refractivity contribution in [2.45, 2.75) is 32.2 Å². The number of nitrogens with one attached hydrogen (secondary N) is 1. The highest BCUT2D eigenvalue weighted by molar-refractivity contribution is 5.32. The minimum atomic E-state index is 0.747. The van der Waals surface area contributed by atoms with Crippen LogP contribution in [-0.2, 0) is 6.54 Å². The Bertz CT molecular complexity index is 375. The predicted molar refractivity (Wildman–Crippen MR) is 64.8 cm³/mol. The zero-order chi connectivity index (χ0) is 11.2. The van der Waals surface area contributed by atoms with Crippen molar-refractivity contribution in [3.05, 3.63) is 35.4 Å². The number of rotatable bonds is 6. The molecule has 1 aliphatic carbocycles. The fourth-order valence-electron chi connectivity index (χ4n) is 1.91. The first-order valence-corrected chi connectivity index (χ1v) is 6.08. The highest BCUT2D eigenvalue weighted by Crippen LogP contribution is 2.33. The molecule has 1 fully saturated rings. The molecule has 0 spiro atoms. The lowest BCUT2D eigenvalue weighted by molar-refractivity contribution is 0.594. The number of hydrogen-bond acceptors (Lipinski definition) is 2. The van der Waals surface area contributed by atoms with Crippen molar-refractivity contribution >= 4 is 0 Å². The summed E-state index contributed by atoms with van der Waals surface area (Å²) in [5, 5.41) is 12.2. The largest absolute Gasteiger partial charge is 0.313 e. The lowest BCUT2D eigenvalue weighted by Gasteiger charge is -2.04. The maximum atomic E-state index is 8.77. The number of hydrogen-bond donors (Lipinski definition) is 1. The average Bonchev–Trinajstić information content (AvgIpc) is 3.13. The van der Waals surface area contributed by atoms with Gasteiger partial charge in [0.05, 0.1) is 11.6 Å². The van der Waals surface area contributed by atoms with Gasteiger partial charge in [-0.05, 0) is 43.0 Å². The number of benzene rings is 1. The first-order valence-electron chi connectivity index (χ1n) is 6.08. The van der Waals surface area contributed by atoms with E-state index in [1.165, 1.54) is 31.2 Å². The Balaban J connectivity index is 1.65. The van der Waals surface area contributed by atoms with E-state index in [9.17, 15) is 0 Å². The normalized spacial score (nSPS) is 14.7. The Morgan fingerprint density at radius 3 is 3.00 bits per heavy atom. The van der Waals surface area contributed by atoms with Gasteiger partial charge in [-0.3, -0.25) is 0 Å². The van der Waals surface area contributed by atoms with Gasteiger partial charge < -0.3 is 5.32 Å². The molecule has 0 aromatic heterocycles. The van der Waals surface area contributed by atoms with Crippen LogP contribution in [0, 0.1) is 17.2 Å². The third-order valence-corrected chi connectivity index (χ3v) is 3.05. The molecule has 0 aliphatic heterocycles. The fourth-order valence-corrected chi connectivity index (χ4v) is 1.91. The molecule has 0 amide bonds. The van der Waals surface area contributed by atoms with Gasteiger partial charge in [0.25, 0.3) is 0 Å². The van der Waals surface area contributed by atoms with Gasteiger partial charge in [-0.2, -0.15) is 5.26 Å². The third kappa shape index (κ3) is 3.67. The quantitative estimate of drug-likeness (QED) is 0.739. The smallest absolute Gasteiger partial charge is 0.0991 e. The molecule has 0 saturated heterocycles. The van der Waals surface area contributed by atoms with E-state index in [1.54, 1.807) is 0 Å². The average molecular weight is 214 g/mol. The van der Waals surface area contributed by atoms with E-state index in [2.05, 4.69) is 17.5 Å². The second-order valence-electron chi connectivity index (χ2n) is 4.57. The molecule has 0 unspecified atom stereocenters. The summed E-state index contributed by atoms with van der Waals surface area (Å²) < 4.78 is 0. The van der Waals surface area contributed by atoms with E-state index in [-0.39, 0.29) is 0 Å². The molecule has 1 aromatic rings. The van der Waals surface area contributed by atoms with E-state index in [4.69, 9.17) is 5.26 Å². The van der Waals surface area contributed by atoms with Crippen LogP contribution < -0.4 is 5.32 Å². The predicted octanol–water partition coefficient (Wildman–Crippen LogP) is 2.84. The highest BCUT2D eigenvalue weighted by atomic mass is 14.8. The van der Waals surface area contributed by atoms with E-state index < -0.39 is 0 Å². The molecule has 2 rings (SSSR count). The van der Waals surface area contributed by atoms with Gasteiger partial charge in [0.15, 0.2) is 0 Å². The van der Waals surface area contributed by atoms with E-state index in [0.29, 0.717) is 0 Å². The van der Waals surface area contributed by atoms with Crippen molar-refractivity contribution < 1.29 is 0 Å². The number of nitriles is 1. The summed E-state index contributed by atoms with van der Waals surface area (Å²) in [7, 11) is 0. The van der Waals surface area contributed by atoms with Crippen LogP contribution in [0.1, 0.15) is 36.8 Å². The molecule has 1 N–H and O–H groups in total. The number of nitrogens with zero attached hydrogens (tertiary/aromatic N) is 1. The van der Waals surface area contributed by atoms with Crippen LogP contribution in [0.25, 0.3) is 0 Å². The van der Waals surface area contributed by atoms with Crippen LogP contribution in [0.3, 0.4) is 0 Å². The molecule has 16 heavy (non-hydrogen) atoms. The van der Waals surface area contributed by atoms with Gasteiger partial charge in [-0.25, -0.2) is 0 Å². The molecular formula is C14H18N2. The Labute approximate surface area is 97.3 Å². The molecule has 2 heteroatoms. The summed E-state index contributed by atoms with van der Waals surface area (Å²) in [4.78, 5) is 0. The zero-order valence-corrected chi connectivity index (χ0v) is 9.58. The van der Waals surface area contributed by atoms with Crippen molar-refractivity contribution in [1.29, 1.82) is 5.26 Å². The van der Waals surface area contributed by atoms with Gasteiger partial charge in [-0.1, -0.05) is 25.0 Å². The third-order valence-electron chi connectivity index (χ3n) is 3.05. The molecule has 0 radical (unpaired) electrons. The zero-order valence-electron chi connectivity index (χ0n) is 9.58. The monoisotopic (exact) mass is 214 g/mol. The van der Waals surface area contributed by atoms with Crippen LogP contribution in [-0.4, -0.2) is 6.54 Å². The second kappa shape index (κ2) is 5.67. The van der Waals surface area contributed by atoms with Crippen molar-refractivity contribution in [1.82, 2.24) is 5.32 Å². The van der Waals surface area contributed by atoms with E-state index in [0.717, 1.165) is 24.6 Å². The van der Waals surface area contributed by atoms with Gasteiger partial charge in [-0.15, -0.1) is 0 Å². The van der Waals surface area contributed by atoms with Crippen LogP contribution in [0.5, 0.6) is 0 Å². The Morgan fingerprint density at radius 1 is 1.38 bits per heavy atom. The Morgan fingerprint density at radius 2 is 2.25 bits per heavy atom. The molecule has 2 nitrogen and oxygen atoms in total. The molecule has 1 saturated carbocycles. The molecule has 1 aliphatic rings. The minimum Gasteiger partial charge on any atom is -0.313 e. The lowest BCUT2D eigenvalue weighted by atomic mass is 10.1. The maximum absolute atomic E-state index is 8.77. The lowest BCUT2D eigenvalue weighted by Crippen LogP contribution is -2.14. The summed E-state index contributed by atoms with van der Waals surface area (Å²) in [6.45, 7) is 1.97. The van der Waals surface area contributed by atoms with Crippen molar-refractivity contribution in [2.75, 3.05) is 6.54 Å². The molecule has 84 valence electrons. The minimum absolute atomic E-state index is 0.747.